The minimum absolute atomic E-state index is 0.174. The van der Waals surface area contributed by atoms with Crippen LogP contribution >= 0.6 is 23.2 Å². The standard InChI is InChI=1S/C14H20Cl2N2O3S/c1-9(13(19)17-14(2,3)4)18(22(5,20)21)12-8-10(15)6-7-11(12)16/h6-9H,1-5H3,(H,17,19)/t9-/m0/s1. The molecule has 0 aliphatic carbocycles. The first kappa shape index (κ1) is 19.1. The lowest BCUT2D eigenvalue weighted by molar-refractivity contribution is -0.123. The van der Waals surface area contributed by atoms with Crippen LogP contribution in [-0.4, -0.2) is 32.2 Å². The third-order valence-electron chi connectivity index (χ3n) is 2.73. The Hall–Kier alpha value is -0.980. The summed E-state index contributed by atoms with van der Waals surface area (Å²) in [6, 6.07) is 3.50. The van der Waals surface area contributed by atoms with Gasteiger partial charge in [-0.3, -0.25) is 9.10 Å². The lowest BCUT2D eigenvalue weighted by atomic mass is 10.1. The molecular weight excluding hydrogens is 347 g/mol. The van der Waals surface area contributed by atoms with E-state index in [4.69, 9.17) is 23.2 Å². The summed E-state index contributed by atoms with van der Waals surface area (Å²) in [5, 5.41) is 3.28. The smallest absolute Gasteiger partial charge is 0.244 e. The quantitative estimate of drug-likeness (QED) is 0.890. The van der Waals surface area contributed by atoms with Gasteiger partial charge in [0, 0.05) is 10.6 Å². The second-order valence-electron chi connectivity index (χ2n) is 6.07. The summed E-state index contributed by atoms with van der Waals surface area (Å²) in [6.45, 7) is 6.94. The molecule has 0 radical (unpaired) electrons. The molecule has 0 saturated heterocycles. The number of halogens is 2. The van der Waals surface area contributed by atoms with E-state index in [2.05, 4.69) is 5.32 Å². The SMILES string of the molecule is C[C@@H](C(=O)NC(C)(C)C)N(c1cc(Cl)ccc1Cl)S(C)(=O)=O. The summed E-state index contributed by atoms with van der Waals surface area (Å²) in [6.07, 6.45) is 1.02. The average Bonchev–Trinajstić information content (AvgIpc) is 2.29. The van der Waals surface area contributed by atoms with E-state index in [9.17, 15) is 13.2 Å². The number of carbonyl (C=O) groups is 1. The molecular formula is C14H20Cl2N2O3S. The van der Waals surface area contributed by atoms with E-state index >= 15 is 0 Å². The fourth-order valence-electron chi connectivity index (χ4n) is 1.91. The van der Waals surface area contributed by atoms with E-state index in [-0.39, 0.29) is 10.7 Å². The summed E-state index contributed by atoms with van der Waals surface area (Å²) in [5.74, 6) is -0.422. The van der Waals surface area contributed by atoms with Gasteiger partial charge in [0.05, 0.1) is 17.0 Å². The summed E-state index contributed by atoms with van der Waals surface area (Å²) in [5.41, 5.74) is -0.305. The molecule has 1 N–H and O–H groups in total. The predicted octanol–water partition coefficient (Wildman–Crippen LogP) is 3.06. The first-order valence-corrected chi connectivity index (χ1v) is 9.20. The Balaban J connectivity index is 3.31. The maximum Gasteiger partial charge on any atom is 0.244 e. The van der Waals surface area contributed by atoms with Gasteiger partial charge in [-0.1, -0.05) is 23.2 Å². The van der Waals surface area contributed by atoms with Crippen molar-refractivity contribution in [1.82, 2.24) is 5.32 Å². The highest BCUT2D eigenvalue weighted by atomic mass is 35.5. The van der Waals surface area contributed by atoms with Crippen LogP contribution in [0.5, 0.6) is 0 Å². The van der Waals surface area contributed by atoms with Crippen LogP contribution in [0.25, 0.3) is 0 Å². The summed E-state index contributed by atoms with van der Waals surface area (Å²) < 4.78 is 25.3. The van der Waals surface area contributed by atoms with Gasteiger partial charge in [0.2, 0.25) is 15.9 Å². The van der Waals surface area contributed by atoms with Gasteiger partial charge in [0.1, 0.15) is 6.04 Å². The zero-order valence-corrected chi connectivity index (χ0v) is 15.5. The number of anilines is 1. The fourth-order valence-corrected chi connectivity index (χ4v) is 3.51. The Bertz CT molecular complexity index is 669. The van der Waals surface area contributed by atoms with Crippen molar-refractivity contribution in [3.8, 4) is 0 Å². The summed E-state index contributed by atoms with van der Waals surface area (Å²) in [7, 11) is -3.73. The van der Waals surface area contributed by atoms with Gasteiger partial charge < -0.3 is 5.32 Å². The van der Waals surface area contributed by atoms with Gasteiger partial charge in [-0.25, -0.2) is 8.42 Å². The molecule has 8 heteroatoms. The van der Waals surface area contributed by atoms with Crippen LogP contribution in [0.4, 0.5) is 5.69 Å². The zero-order chi connectivity index (χ0) is 17.3. The Morgan fingerprint density at radius 3 is 2.27 bits per heavy atom. The molecule has 1 rings (SSSR count). The lowest BCUT2D eigenvalue weighted by Crippen LogP contribution is -2.52. The highest BCUT2D eigenvalue weighted by Gasteiger charge is 2.32. The highest BCUT2D eigenvalue weighted by molar-refractivity contribution is 7.92. The number of amides is 1. The van der Waals surface area contributed by atoms with Crippen molar-refractivity contribution in [2.75, 3.05) is 10.6 Å². The molecule has 0 aliphatic rings. The zero-order valence-electron chi connectivity index (χ0n) is 13.1. The molecule has 0 aliphatic heterocycles. The Morgan fingerprint density at radius 1 is 1.27 bits per heavy atom. The number of sulfonamides is 1. The first-order valence-electron chi connectivity index (χ1n) is 6.59. The van der Waals surface area contributed by atoms with Crippen molar-refractivity contribution in [2.45, 2.75) is 39.3 Å². The third-order valence-corrected chi connectivity index (χ3v) is 4.51. The molecule has 1 atom stereocenters. The number of nitrogens with one attached hydrogen (secondary N) is 1. The Morgan fingerprint density at radius 2 is 1.82 bits per heavy atom. The van der Waals surface area contributed by atoms with E-state index < -0.39 is 27.5 Å². The molecule has 22 heavy (non-hydrogen) atoms. The van der Waals surface area contributed by atoms with Crippen molar-refractivity contribution >= 4 is 44.8 Å². The molecule has 5 nitrogen and oxygen atoms in total. The predicted molar refractivity (Wildman–Crippen MR) is 91.1 cm³/mol. The van der Waals surface area contributed by atoms with Crippen LogP contribution < -0.4 is 9.62 Å². The molecule has 0 bridgehead atoms. The molecule has 0 unspecified atom stereocenters. The number of hydrogen-bond donors (Lipinski definition) is 1. The van der Waals surface area contributed by atoms with Gasteiger partial charge >= 0.3 is 0 Å². The number of carbonyl (C=O) groups excluding carboxylic acids is 1. The molecule has 0 fully saturated rings. The van der Waals surface area contributed by atoms with E-state index in [1.54, 1.807) is 6.07 Å². The van der Waals surface area contributed by atoms with Crippen molar-refractivity contribution in [3.63, 3.8) is 0 Å². The minimum atomic E-state index is -3.73. The topological polar surface area (TPSA) is 66.5 Å². The minimum Gasteiger partial charge on any atom is -0.350 e. The van der Waals surface area contributed by atoms with Crippen LogP contribution in [-0.2, 0) is 14.8 Å². The first-order chi connectivity index (χ1) is 9.83. The number of nitrogens with zero attached hydrogens (tertiary/aromatic N) is 1. The van der Waals surface area contributed by atoms with Gasteiger partial charge in [-0.2, -0.15) is 0 Å². The maximum absolute atomic E-state index is 12.3. The van der Waals surface area contributed by atoms with E-state index in [1.165, 1.54) is 19.1 Å². The van der Waals surface area contributed by atoms with Gasteiger partial charge in [-0.05, 0) is 45.9 Å². The monoisotopic (exact) mass is 366 g/mol. The number of rotatable bonds is 4. The van der Waals surface area contributed by atoms with Crippen LogP contribution in [0, 0.1) is 0 Å². The lowest BCUT2D eigenvalue weighted by Gasteiger charge is -2.31. The molecule has 124 valence electrons. The second-order valence-corrected chi connectivity index (χ2v) is 8.77. The second kappa shape index (κ2) is 6.64. The van der Waals surface area contributed by atoms with Crippen LogP contribution in [0.1, 0.15) is 27.7 Å². The molecule has 0 spiro atoms. The van der Waals surface area contributed by atoms with Crippen molar-refractivity contribution in [1.29, 1.82) is 0 Å². The molecule has 0 heterocycles. The van der Waals surface area contributed by atoms with Crippen molar-refractivity contribution < 1.29 is 13.2 Å². The Kier molecular flexibility index (Phi) is 5.76. The van der Waals surface area contributed by atoms with E-state index in [0.717, 1.165) is 10.6 Å². The van der Waals surface area contributed by atoms with Crippen LogP contribution in [0.15, 0.2) is 18.2 Å². The van der Waals surface area contributed by atoms with Gasteiger partial charge in [0.15, 0.2) is 0 Å². The molecule has 0 saturated carbocycles. The van der Waals surface area contributed by atoms with Crippen LogP contribution in [0.2, 0.25) is 10.0 Å². The Labute approximate surface area is 141 Å². The van der Waals surface area contributed by atoms with Gasteiger partial charge in [-0.15, -0.1) is 0 Å². The third kappa shape index (κ3) is 5.04. The number of hydrogen-bond acceptors (Lipinski definition) is 3. The molecule has 0 aromatic heterocycles. The van der Waals surface area contributed by atoms with Crippen molar-refractivity contribution in [3.05, 3.63) is 28.2 Å². The fraction of sp³-hybridized carbons (Fsp3) is 0.500. The summed E-state index contributed by atoms with van der Waals surface area (Å²) in [4.78, 5) is 12.3. The average molecular weight is 367 g/mol. The van der Waals surface area contributed by atoms with Gasteiger partial charge in [0.25, 0.3) is 0 Å². The normalized spacial score (nSPS) is 13.6. The molecule has 1 amide bonds. The highest BCUT2D eigenvalue weighted by Crippen LogP contribution is 2.32. The number of benzene rings is 1. The molecule has 1 aromatic rings. The maximum atomic E-state index is 12.3. The van der Waals surface area contributed by atoms with Crippen molar-refractivity contribution in [2.24, 2.45) is 0 Å². The summed E-state index contributed by atoms with van der Waals surface area (Å²) >= 11 is 12.0. The van der Waals surface area contributed by atoms with E-state index in [0.29, 0.717) is 5.02 Å². The van der Waals surface area contributed by atoms with E-state index in [1.807, 2.05) is 20.8 Å². The largest absolute Gasteiger partial charge is 0.350 e. The van der Waals surface area contributed by atoms with Crippen LogP contribution in [0.3, 0.4) is 0 Å². The molecule has 1 aromatic carbocycles.